The summed E-state index contributed by atoms with van der Waals surface area (Å²) in [5, 5.41) is 0. The Kier molecular flexibility index (Phi) is 4.23. The van der Waals surface area contributed by atoms with Crippen molar-refractivity contribution in [3.05, 3.63) is 23.5 Å². The van der Waals surface area contributed by atoms with Crippen LogP contribution in [0.1, 0.15) is 42.2 Å². The highest BCUT2D eigenvalue weighted by Crippen LogP contribution is 2.09. The van der Waals surface area contributed by atoms with Gasteiger partial charge in [-0.3, -0.25) is 0 Å². The van der Waals surface area contributed by atoms with Gasteiger partial charge in [-0.05, 0) is 24.5 Å². The number of nitrogens with one attached hydrogen (secondary N) is 1. The van der Waals surface area contributed by atoms with Gasteiger partial charge in [-0.2, -0.15) is 0 Å². The van der Waals surface area contributed by atoms with Crippen LogP contribution in [-0.4, -0.2) is 18.1 Å². The smallest absolute Gasteiger partial charge is 0.354 e. The molecule has 0 aliphatic heterocycles. The Balaban J connectivity index is 2.46. The van der Waals surface area contributed by atoms with Crippen molar-refractivity contribution in [2.45, 2.75) is 32.6 Å². The molecule has 0 atom stereocenters. The van der Waals surface area contributed by atoms with Gasteiger partial charge in [-0.25, -0.2) is 4.79 Å². The van der Waals surface area contributed by atoms with E-state index >= 15 is 0 Å². The molecule has 1 rings (SSSR count). The number of H-pyrrole nitrogens is 1. The Morgan fingerprint density at radius 2 is 2.29 bits per heavy atom. The second-order valence-corrected chi connectivity index (χ2v) is 3.37. The molecule has 0 aromatic carbocycles. The zero-order chi connectivity index (χ0) is 10.4. The molecule has 0 aliphatic rings. The fourth-order valence-electron chi connectivity index (χ4n) is 1.39. The molecule has 0 saturated heterocycles. The molecule has 0 saturated carbocycles. The lowest BCUT2D eigenvalue weighted by molar-refractivity contribution is 0.0595. The quantitative estimate of drug-likeness (QED) is 0.579. The summed E-state index contributed by atoms with van der Waals surface area (Å²) in [6.07, 6.45) is 6.53. The van der Waals surface area contributed by atoms with Gasteiger partial charge >= 0.3 is 5.97 Å². The molecule has 0 fully saturated rings. The molecule has 0 aliphatic carbocycles. The van der Waals surface area contributed by atoms with Crippen molar-refractivity contribution in [3.63, 3.8) is 0 Å². The Bertz CT molecular complexity index is 291. The predicted octanol–water partition coefficient (Wildman–Crippen LogP) is 2.53. The van der Waals surface area contributed by atoms with Crippen LogP contribution in [0.2, 0.25) is 0 Å². The molecule has 0 bridgehead atoms. The van der Waals surface area contributed by atoms with Crippen LogP contribution in [0.5, 0.6) is 0 Å². The standard InChI is InChI=1S/C11H17NO2/c1-3-4-5-6-9-7-10(12-8-9)11(13)14-2/h7-8,12H,3-6H2,1-2H3. The van der Waals surface area contributed by atoms with Gasteiger partial charge in [0.05, 0.1) is 7.11 Å². The van der Waals surface area contributed by atoms with Crippen molar-refractivity contribution in [3.8, 4) is 0 Å². The third kappa shape index (κ3) is 2.91. The SMILES string of the molecule is CCCCCc1c[nH]c(C(=O)OC)c1. The number of methoxy groups -OCH3 is 1. The Morgan fingerprint density at radius 3 is 2.93 bits per heavy atom. The van der Waals surface area contributed by atoms with Gasteiger partial charge in [0.1, 0.15) is 5.69 Å². The fourth-order valence-corrected chi connectivity index (χ4v) is 1.39. The summed E-state index contributed by atoms with van der Waals surface area (Å²) in [6, 6.07) is 1.86. The predicted molar refractivity (Wildman–Crippen MR) is 55.4 cm³/mol. The summed E-state index contributed by atoms with van der Waals surface area (Å²) in [4.78, 5) is 14.0. The first kappa shape index (κ1) is 10.8. The monoisotopic (exact) mass is 195 g/mol. The number of hydrogen-bond acceptors (Lipinski definition) is 2. The lowest BCUT2D eigenvalue weighted by Crippen LogP contribution is -2.00. The van der Waals surface area contributed by atoms with E-state index in [2.05, 4.69) is 16.6 Å². The van der Waals surface area contributed by atoms with Crippen molar-refractivity contribution < 1.29 is 9.53 Å². The number of carbonyl (C=O) groups is 1. The normalized spacial score (nSPS) is 10.1. The van der Waals surface area contributed by atoms with Gasteiger partial charge in [0.15, 0.2) is 0 Å². The molecular formula is C11H17NO2. The molecule has 3 heteroatoms. The Labute approximate surface area is 84.5 Å². The van der Waals surface area contributed by atoms with E-state index in [4.69, 9.17) is 0 Å². The van der Waals surface area contributed by atoms with Gasteiger partial charge in [0.25, 0.3) is 0 Å². The number of ether oxygens (including phenoxy) is 1. The highest BCUT2D eigenvalue weighted by atomic mass is 16.5. The summed E-state index contributed by atoms with van der Waals surface area (Å²) in [6.45, 7) is 2.18. The van der Waals surface area contributed by atoms with E-state index in [1.54, 1.807) is 0 Å². The molecule has 1 N–H and O–H groups in total. The maximum atomic E-state index is 11.1. The van der Waals surface area contributed by atoms with Crippen molar-refractivity contribution in [1.29, 1.82) is 0 Å². The maximum Gasteiger partial charge on any atom is 0.354 e. The number of aryl methyl sites for hydroxylation is 1. The second-order valence-electron chi connectivity index (χ2n) is 3.37. The summed E-state index contributed by atoms with van der Waals surface area (Å²) >= 11 is 0. The molecule has 1 aromatic heterocycles. The molecule has 0 unspecified atom stereocenters. The molecule has 78 valence electrons. The number of hydrogen-bond donors (Lipinski definition) is 1. The zero-order valence-electron chi connectivity index (χ0n) is 8.80. The van der Waals surface area contributed by atoms with Gasteiger partial charge in [0.2, 0.25) is 0 Å². The fraction of sp³-hybridized carbons (Fsp3) is 0.545. The van der Waals surface area contributed by atoms with Crippen LogP contribution in [0.15, 0.2) is 12.3 Å². The van der Waals surface area contributed by atoms with Crippen LogP contribution in [0.3, 0.4) is 0 Å². The molecule has 14 heavy (non-hydrogen) atoms. The highest BCUT2D eigenvalue weighted by molar-refractivity contribution is 5.87. The summed E-state index contributed by atoms with van der Waals surface area (Å²) in [7, 11) is 1.39. The van der Waals surface area contributed by atoms with Crippen LogP contribution in [0.4, 0.5) is 0 Å². The van der Waals surface area contributed by atoms with E-state index in [1.165, 1.54) is 31.9 Å². The van der Waals surface area contributed by atoms with E-state index in [0.29, 0.717) is 5.69 Å². The molecular weight excluding hydrogens is 178 g/mol. The summed E-state index contributed by atoms with van der Waals surface area (Å²) < 4.78 is 4.61. The van der Waals surface area contributed by atoms with Crippen LogP contribution >= 0.6 is 0 Å². The number of esters is 1. The molecule has 1 aromatic rings. The summed E-state index contributed by atoms with van der Waals surface area (Å²) in [5.41, 5.74) is 1.72. The largest absolute Gasteiger partial charge is 0.464 e. The van der Waals surface area contributed by atoms with Gasteiger partial charge in [-0.15, -0.1) is 0 Å². The topological polar surface area (TPSA) is 42.1 Å². The Morgan fingerprint density at radius 1 is 1.50 bits per heavy atom. The van der Waals surface area contributed by atoms with E-state index < -0.39 is 0 Å². The molecule has 0 radical (unpaired) electrons. The van der Waals surface area contributed by atoms with E-state index in [0.717, 1.165) is 6.42 Å². The van der Waals surface area contributed by atoms with E-state index in [-0.39, 0.29) is 5.97 Å². The summed E-state index contributed by atoms with van der Waals surface area (Å²) in [5.74, 6) is -0.299. The van der Waals surface area contributed by atoms with Crippen molar-refractivity contribution in [1.82, 2.24) is 4.98 Å². The van der Waals surface area contributed by atoms with Crippen LogP contribution in [-0.2, 0) is 11.2 Å². The number of rotatable bonds is 5. The average molecular weight is 195 g/mol. The first-order valence-corrected chi connectivity index (χ1v) is 5.03. The Hall–Kier alpha value is -1.25. The van der Waals surface area contributed by atoms with E-state index in [1.807, 2.05) is 12.3 Å². The van der Waals surface area contributed by atoms with Crippen LogP contribution in [0.25, 0.3) is 0 Å². The lowest BCUT2D eigenvalue weighted by atomic mass is 10.1. The van der Waals surface area contributed by atoms with Crippen molar-refractivity contribution >= 4 is 5.97 Å². The third-order valence-electron chi connectivity index (χ3n) is 2.22. The number of carbonyl (C=O) groups excluding carboxylic acids is 1. The molecule has 0 spiro atoms. The van der Waals surface area contributed by atoms with Gasteiger partial charge < -0.3 is 9.72 Å². The number of aromatic amines is 1. The van der Waals surface area contributed by atoms with Gasteiger partial charge in [-0.1, -0.05) is 19.8 Å². The van der Waals surface area contributed by atoms with E-state index in [9.17, 15) is 4.79 Å². The first-order chi connectivity index (χ1) is 6.77. The molecule has 3 nitrogen and oxygen atoms in total. The minimum Gasteiger partial charge on any atom is -0.464 e. The van der Waals surface area contributed by atoms with Crippen molar-refractivity contribution in [2.75, 3.05) is 7.11 Å². The number of unbranched alkanes of at least 4 members (excludes halogenated alkanes) is 2. The highest BCUT2D eigenvalue weighted by Gasteiger charge is 2.07. The third-order valence-corrected chi connectivity index (χ3v) is 2.22. The minimum absolute atomic E-state index is 0.299. The van der Waals surface area contributed by atoms with Gasteiger partial charge in [0, 0.05) is 6.20 Å². The average Bonchev–Trinajstić information content (AvgIpc) is 2.66. The zero-order valence-corrected chi connectivity index (χ0v) is 8.80. The van der Waals surface area contributed by atoms with Crippen LogP contribution < -0.4 is 0 Å². The first-order valence-electron chi connectivity index (χ1n) is 5.03. The van der Waals surface area contributed by atoms with Crippen LogP contribution in [0, 0.1) is 0 Å². The minimum atomic E-state index is -0.299. The van der Waals surface area contributed by atoms with Crippen molar-refractivity contribution in [2.24, 2.45) is 0 Å². The second kappa shape index (κ2) is 5.47. The maximum absolute atomic E-state index is 11.1. The molecule has 0 amide bonds. The molecule has 1 heterocycles. The lowest BCUT2D eigenvalue weighted by Gasteiger charge is -1.95. The number of aromatic nitrogens is 1.